The molecule has 1 fully saturated rings. The van der Waals surface area contributed by atoms with Crippen LogP contribution in [0.4, 0.5) is 0 Å². The summed E-state index contributed by atoms with van der Waals surface area (Å²) >= 11 is 5.96. The van der Waals surface area contributed by atoms with Gasteiger partial charge in [-0.1, -0.05) is 28.9 Å². The van der Waals surface area contributed by atoms with Crippen molar-refractivity contribution in [2.24, 2.45) is 0 Å². The number of hydrogen-bond donors (Lipinski definition) is 1. The number of halogens is 1. The van der Waals surface area contributed by atoms with Crippen molar-refractivity contribution >= 4 is 17.5 Å². The van der Waals surface area contributed by atoms with Gasteiger partial charge in [-0.15, -0.1) is 0 Å². The van der Waals surface area contributed by atoms with Crippen LogP contribution in [-0.2, 0) is 0 Å². The van der Waals surface area contributed by atoms with Gasteiger partial charge in [0, 0.05) is 17.6 Å². The largest absolute Gasteiger partial charge is 0.361 e. The van der Waals surface area contributed by atoms with Crippen molar-refractivity contribution in [2.75, 3.05) is 13.6 Å². The van der Waals surface area contributed by atoms with Crippen molar-refractivity contribution in [1.82, 2.24) is 15.4 Å². The Morgan fingerprint density at radius 2 is 2.14 bits per heavy atom. The number of aromatic nitrogens is 1. The van der Waals surface area contributed by atoms with Crippen LogP contribution >= 0.6 is 11.6 Å². The van der Waals surface area contributed by atoms with Crippen molar-refractivity contribution in [3.63, 3.8) is 0 Å². The molecule has 1 aliphatic rings. The topological polar surface area (TPSA) is 58.4 Å². The van der Waals surface area contributed by atoms with Crippen molar-refractivity contribution in [1.29, 1.82) is 0 Å². The lowest BCUT2D eigenvalue weighted by molar-refractivity contribution is 0.0918. The zero-order chi connectivity index (χ0) is 15.7. The van der Waals surface area contributed by atoms with Crippen molar-refractivity contribution < 1.29 is 9.32 Å². The Balaban J connectivity index is 1.77. The quantitative estimate of drug-likeness (QED) is 0.945. The van der Waals surface area contributed by atoms with Gasteiger partial charge in [0.15, 0.2) is 5.69 Å². The fourth-order valence-corrected chi connectivity index (χ4v) is 3.09. The van der Waals surface area contributed by atoms with Gasteiger partial charge in [-0.25, -0.2) is 0 Å². The average Bonchev–Trinajstić information content (AvgIpc) is 3.07. The number of aryl methyl sites for hydroxylation is 1. The third-order valence-electron chi connectivity index (χ3n) is 4.04. The molecule has 0 aliphatic carbocycles. The second kappa shape index (κ2) is 6.10. The zero-order valence-electron chi connectivity index (χ0n) is 12.5. The van der Waals surface area contributed by atoms with E-state index in [-0.39, 0.29) is 18.0 Å². The van der Waals surface area contributed by atoms with E-state index < -0.39 is 0 Å². The molecule has 1 amide bonds. The standard InChI is InChI=1S/C16H18ClN3O2/c1-10-9-14(19-22-10)16(21)18-13-7-8-20(2)15(13)11-3-5-12(17)6-4-11/h3-6,9,13,15H,7-8H2,1-2H3,(H,18,21)/t13-,15+/m1/s1. The Hall–Kier alpha value is -1.85. The lowest BCUT2D eigenvalue weighted by atomic mass is 10.00. The van der Waals surface area contributed by atoms with Crippen molar-refractivity contribution in [3.8, 4) is 0 Å². The molecule has 3 rings (SSSR count). The highest BCUT2D eigenvalue weighted by atomic mass is 35.5. The van der Waals surface area contributed by atoms with Crippen molar-refractivity contribution in [2.45, 2.75) is 25.4 Å². The van der Waals surface area contributed by atoms with Gasteiger partial charge in [0.2, 0.25) is 0 Å². The SMILES string of the molecule is Cc1cc(C(=O)N[C@@H]2CCN(C)[C@H]2c2ccc(Cl)cc2)no1. The van der Waals surface area contributed by atoms with E-state index >= 15 is 0 Å². The Labute approximate surface area is 134 Å². The van der Waals surface area contributed by atoms with Crippen LogP contribution in [0.15, 0.2) is 34.9 Å². The fourth-order valence-electron chi connectivity index (χ4n) is 2.96. The molecule has 2 aromatic rings. The Morgan fingerprint density at radius 1 is 1.41 bits per heavy atom. The number of likely N-dealkylation sites (tertiary alicyclic amines) is 1. The maximum Gasteiger partial charge on any atom is 0.273 e. The highest BCUT2D eigenvalue weighted by molar-refractivity contribution is 6.30. The predicted octanol–water partition coefficient (Wildman–Crippen LogP) is 2.81. The van der Waals surface area contributed by atoms with Gasteiger partial charge >= 0.3 is 0 Å². The van der Waals surface area contributed by atoms with E-state index in [4.69, 9.17) is 16.1 Å². The Bertz CT molecular complexity index is 668. The summed E-state index contributed by atoms with van der Waals surface area (Å²) in [5, 5.41) is 7.55. The zero-order valence-corrected chi connectivity index (χ0v) is 13.3. The molecule has 1 aliphatic heterocycles. The minimum atomic E-state index is -0.198. The van der Waals surface area contributed by atoms with Crippen LogP contribution < -0.4 is 5.32 Å². The maximum absolute atomic E-state index is 12.3. The molecule has 116 valence electrons. The molecule has 0 unspecified atom stereocenters. The van der Waals surface area contributed by atoms with Gasteiger partial charge in [0.05, 0.1) is 12.1 Å². The Morgan fingerprint density at radius 3 is 2.77 bits per heavy atom. The number of nitrogens with one attached hydrogen (secondary N) is 1. The van der Waals surface area contributed by atoms with E-state index in [1.54, 1.807) is 13.0 Å². The molecule has 0 saturated carbocycles. The smallest absolute Gasteiger partial charge is 0.273 e. The first kappa shape index (κ1) is 15.1. The molecule has 22 heavy (non-hydrogen) atoms. The van der Waals surface area contributed by atoms with Gasteiger partial charge in [-0.05, 0) is 38.1 Å². The summed E-state index contributed by atoms with van der Waals surface area (Å²) in [6.45, 7) is 2.69. The minimum absolute atomic E-state index is 0.0377. The molecule has 6 heteroatoms. The first-order valence-corrected chi connectivity index (χ1v) is 7.62. The first-order chi connectivity index (χ1) is 10.5. The van der Waals surface area contributed by atoms with Gasteiger partial charge in [0.25, 0.3) is 5.91 Å². The highest BCUT2D eigenvalue weighted by Crippen LogP contribution is 2.31. The molecule has 1 aromatic carbocycles. The van der Waals surface area contributed by atoms with E-state index in [2.05, 4.69) is 22.4 Å². The first-order valence-electron chi connectivity index (χ1n) is 7.24. The third kappa shape index (κ3) is 3.00. The summed E-state index contributed by atoms with van der Waals surface area (Å²) in [6, 6.07) is 9.59. The van der Waals surface area contributed by atoms with Crippen LogP contribution in [0.5, 0.6) is 0 Å². The summed E-state index contributed by atoms with van der Waals surface area (Å²) in [7, 11) is 2.06. The molecular formula is C16H18ClN3O2. The van der Waals surface area contributed by atoms with E-state index in [9.17, 15) is 4.79 Å². The normalized spacial score (nSPS) is 22.0. The number of likely N-dealkylation sites (N-methyl/N-ethyl adjacent to an activating group) is 1. The summed E-state index contributed by atoms with van der Waals surface area (Å²) in [5.74, 6) is 0.430. The molecule has 1 N–H and O–H groups in total. The molecular weight excluding hydrogens is 302 g/mol. The van der Waals surface area contributed by atoms with E-state index in [0.717, 1.165) is 18.5 Å². The second-order valence-corrected chi connectivity index (χ2v) is 6.10. The number of carbonyl (C=O) groups is 1. The number of amides is 1. The maximum atomic E-state index is 12.3. The number of carbonyl (C=O) groups excluding carboxylic acids is 1. The number of nitrogens with zero attached hydrogens (tertiary/aromatic N) is 2. The lowest BCUT2D eigenvalue weighted by Gasteiger charge is -2.26. The van der Waals surface area contributed by atoms with Crippen LogP contribution in [0.25, 0.3) is 0 Å². The number of hydrogen-bond acceptors (Lipinski definition) is 4. The molecule has 2 heterocycles. The molecule has 1 saturated heterocycles. The van der Waals surface area contributed by atoms with Gasteiger partial charge in [-0.3, -0.25) is 9.69 Å². The molecule has 5 nitrogen and oxygen atoms in total. The van der Waals surface area contributed by atoms with Crippen LogP contribution in [0, 0.1) is 6.92 Å². The molecule has 0 bridgehead atoms. The van der Waals surface area contributed by atoms with Crippen LogP contribution in [0.3, 0.4) is 0 Å². The molecule has 0 spiro atoms. The van der Waals surface area contributed by atoms with Crippen LogP contribution in [0.1, 0.15) is 34.3 Å². The fraction of sp³-hybridized carbons (Fsp3) is 0.375. The molecule has 0 radical (unpaired) electrons. The van der Waals surface area contributed by atoms with Crippen molar-refractivity contribution in [3.05, 3.63) is 52.4 Å². The van der Waals surface area contributed by atoms with E-state index in [0.29, 0.717) is 16.5 Å². The van der Waals surface area contributed by atoms with Crippen LogP contribution in [0.2, 0.25) is 5.02 Å². The summed E-state index contributed by atoms with van der Waals surface area (Å²) in [5.41, 5.74) is 1.47. The predicted molar refractivity (Wildman–Crippen MR) is 83.9 cm³/mol. The molecule has 2 atom stereocenters. The van der Waals surface area contributed by atoms with Gasteiger partial charge in [0.1, 0.15) is 5.76 Å². The number of rotatable bonds is 3. The highest BCUT2D eigenvalue weighted by Gasteiger charge is 2.34. The lowest BCUT2D eigenvalue weighted by Crippen LogP contribution is -2.39. The minimum Gasteiger partial charge on any atom is -0.361 e. The number of benzene rings is 1. The van der Waals surface area contributed by atoms with Gasteiger partial charge in [-0.2, -0.15) is 0 Å². The van der Waals surface area contributed by atoms with E-state index in [1.807, 2.05) is 24.3 Å². The third-order valence-corrected chi connectivity index (χ3v) is 4.29. The second-order valence-electron chi connectivity index (χ2n) is 5.67. The van der Waals surface area contributed by atoms with Gasteiger partial charge < -0.3 is 9.84 Å². The summed E-state index contributed by atoms with van der Waals surface area (Å²) in [4.78, 5) is 14.5. The monoisotopic (exact) mass is 319 g/mol. The van der Waals surface area contributed by atoms with Crippen LogP contribution in [-0.4, -0.2) is 35.6 Å². The summed E-state index contributed by atoms with van der Waals surface area (Å²) in [6.07, 6.45) is 0.895. The average molecular weight is 320 g/mol. The summed E-state index contributed by atoms with van der Waals surface area (Å²) < 4.78 is 4.96. The van der Waals surface area contributed by atoms with E-state index in [1.165, 1.54) is 0 Å². The molecule has 1 aromatic heterocycles. The Kier molecular flexibility index (Phi) is 4.18.